The highest BCUT2D eigenvalue weighted by Crippen LogP contribution is 2.36. The third-order valence-corrected chi connectivity index (χ3v) is 3.08. The number of carbonyl (C=O) groups is 1. The van der Waals surface area contributed by atoms with Gasteiger partial charge >= 0.3 is 12.2 Å². The second kappa shape index (κ2) is 6.27. The Hall–Kier alpha value is -2.21. The van der Waals surface area contributed by atoms with Crippen molar-refractivity contribution in [2.45, 2.75) is 13.1 Å². The summed E-state index contributed by atoms with van der Waals surface area (Å²) in [6.45, 7) is 1.88. The Morgan fingerprint density at radius 3 is 2.27 bits per heavy atom. The normalized spacial score (nSPS) is 11.1. The van der Waals surface area contributed by atoms with E-state index in [0.29, 0.717) is 5.69 Å². The highest BCUT2D eigenvalue weighted by molar-refractivity contribution is 6.30. The molecule has 0 radical (unpaired) electrons. The molecule has 2 N–H and O–H groups in total. The van der Waals surface area contributed by atoms with Gasteiger partial charge in [-0.25, -0.2) is 4.79 Å². The molecule has 0 bridgehead atoms. The molecule has 7 heteroatoms. The fraction of sp³-hybridized carbons (Fsp3) is 0.133. The van der Waals surface area contributed by atoms with Crippen LogP contribution in [0.4, 0.5) is 29.3 Å². The number of benzene rings is 2. The lowest BCUT2D eigenvalue weighted by molar-refractivity contribution is -0.136. The van der Waals surface area contributed by atoms with Crippen LogP contribution in [0.5, 0.6) is 0 Å². The van der Waals surface area contributed by atoms with Gasteiger partial charge in [0.05, 0.1) is 11.3 Å². The molecule has 0 saturated heterocycles. The van der Waals surface area contributed by atoms with Crippen molar-refractivity contribution >= 4 is 29.0 Å². The second-order valence-electron chi connectivity index (χ2n) is 4.63. The predicted molar refractivity (Wildman–Crippen MR) is 80.3 cm³/mol. The van der Waals surface area contributed by atoms with E-state index in [1.807, 2.05) is 6.92 Å². The molecule has 0 aliphatic rings. The van der Waals surface area contributed by atoms with Crippen molar-refractivity contribution in [2.75, 3.05) is 10.6 Å². The van der Waals surface area contributed by atoms with E-state index in [1.54, 1.807) is 24.3 Å². The number of alkyl halides is 3. The van der Waals surface area contributed by atoms with Gasteiger partial charge in [-0.2, -0.15) is 13.2 Å². The molecule has 0 aliphatic carbocycles. The highest BCUT2D eigenvalue weighted by Gasteiger charge is 2.34. The first-order chi connectivity index (χ1) is 10.3. The van der Waals surface area contributed by atoms with E-state index in [2.05, 4.69) is 10.6 Å². The Bertz CT molecular complexity index is 684. The molecular weight excluding hydrogens is 317 g/mol. The van der Waals surface area contributed by atoms with Crippen molar-refractivity contribution in [2.24, 2.45) is 0 Å². The Labute approximate surface area is 130 Å². The number of hydrogen-bond acceptors (Lipinski definition) is 1. The zero-order valence-corrected chi connectivity index (χ0v) is 12.2. The van der Waals surface area contributed by atoms with Crippen LogP contribution in [0.1, 0.15) is 11.1 Å². The van der Waals surface area contributed by atoms with E-state index in [4.69, 9.17) is 11.6 Å². The average Bonchev–Trinajstić information content (AvgIpc) is 2.42. The fourth-order valence-corrected chi connectivity index (χ4v) is 1.95. The lowest BCUT2D eigenvalue weighted by Gasteiger charge is -2.14. The maximum atomic E-state index is 12.9. The Balaban J connectivity index is 2.16. The largest absolute Gasteiger partial charge is 0.418 e. The summed E-state index contributed by atoms with van der Waals surface area (Å²) < 4.78 is 38.8. The molecule has 0 saturated carbocycles. The molecule has 0 spiro atoms. The maximum Gasteiger partial charge on any atom is 0.418 e. The third kappa shape index (κ3) is 4.14. The second-order valence-corrected chi connectivity index (χ2v) is 5.07. The first kappa shape index (κ1) is 16.2. The molecule has 116 valence electrons. The third-order valence-electron chi connectivity index (χ3n) is 2.84. The van der Waals surface area contributed by atoms with Crippen LogP contribution in [0.3, 0.4) is 0 Å². The Morgan fingerprint density at radius 2 is 1.68 bits per heavy atom. The van der Waals surface area contributed by atoms with Crippen molar-refractivity contribution in [3.05, 3.63) is 58.6 Å². The molecule has 2 amide bonds. The van der Waals surface area contributed by atoms with Gasteiger partial charge in [0.25, 0.3) is 0 Å². The summed E-state index contributed by atoms with van der Waals surface area (Å²) in [4.78, 5) is 11.8. The number of anilines is 2. The van der Waals surface area contributed by atoms with Gasteiger partial charge in [0.1, 0.15) is 0 Å². The van der Waals surface area contributed by atoms with E-state index < -0.39 is 17.8 Å². The number of hydrogen-bond donors (Lipinski definition) is 2. The quantitative estimate of drug-likeness (QED) is 0.770. The van der Waals surface area contributed by atoms with E-state index >= 15 is 0 Å². The molecule has 0 atom stereocenters. The minimum absolute atomic E-state index is 0.0585. The summed E-state index contributed by atoms with van der Waals surface area (Å²) in [6.07, 6.45) is -4.61. The van der Waals surface area contributed by atoms with Gasteiger partial charge in [0.15, 0.2) is 0 Å². The van der Waals surface area contributed by atoms with Crippen LogP contribution >= 0.6 is 11.6 Å². The summed E-state index contributed by atoms with van der Waals surface area (Å²) in [6, 6.07) is 9.25. The van der Waals surface area contributed by atoms with E-state index in [1.165, 1.54) is 6.07 Å². The molecule has 0 aromatic heterocycles. The number of urea groups is 1. The number of amides is 2. The van der Waals surface area contributed by atoms with Gasteiger partial charge in [-0.05, 0) is 37.3 Å². The molecule has 22 heavy (non-hydrogen) atoms. The summed E-state index contributed by atoms with van der Waals surface area (Å²) in [7, 11) is 0. The summed E-state index contributed by atoms with van der Waals surface area (Å²) in [5.41, 5.74) is 0.120. The number of halogens is 4. The molecule has 2 aromatic carbocycles. The molecule has 0 aliphatic heterocycles. The highest BCUT2D eigenvalue weighted by atomic mass is 35.5. The number of nitrogens with one attached hydrogen (secondary N) is 2. The fourth-order valence-electron chi connectivity index (χ4n) is 1.78. The average molecular weight is 329 g/mol. The van der Waals surface area contributed by atoms with Gasteiger partial charge < -0.3 is 10.6 Å². The van der Waals surface area contributed by atoms with Crippen LogP contribution in [-0.2, 0) is 6.18 Å². The first-order valence-corrected chi connectivity index (χ1v) is 6.65. The molecule has 3 nitrogen and oxygen atoms in total. The van der Waals surface area contributed by atoms with Crippen molar-refractivity contribution < 1.29 is 18.0 Å². The molecule has 2 aromatic rings. The minimum Gasteiger partial charge on any atom is -0.308 e. The number of rotatable bonds is 2. The topological polar surface area (TPSA) is 41.1 Å². The van der Waals surface area contributed by atoms with Crippen LogP contribution in [-0.4, -0.2) is 6.03 Å². The van der Waals surface area contributed by atoms with Crippen molar-refractivity contribution in [1.82, 2.24) is 0 Å². The van der Waals surface area contributed by atoms with Crippen LogP contribution in [0, 0.1) is 6.92 Å². The van der Waals surface area contributed by atoms with Crippen LogP contribution in [0.25, 0.3) is 0 Å². The van der Waals surface area contributed by atoms with E-state index in [0.717, 1.165) is 17.7 Å². The lowest BCUT2D eigenvalue weighted by Crippen LogP contribution is -2.21. The number of carbonyl (C=O) groups excluding carboxylic acids is 1. The van der Waals surface area contributed by atoms with Gasteiger partial charge in [0, 0.05) is 10.7 Å². The SMILES string of the molecule is Cc1ccc(NC(=O)Nc2ccc(Cl)cc2C(F)(F)F)cc1. The molecule has 0 heterocycles. The summed E-state index contributed by atoms with van der Waals surface area (Å²) in [5.74, 6) is 0. The van der Waals surface area contributed by atoms with E-state index in [-0.39, 0.29) is 10.7 Å². The molecule has 2 rings (SSSR count). The zero-order valence-electron chi connectivity index (χ0n) is 11.5. The van der Waals surface area contributed by atoms with Gasteiger partial charge in [-0.3, -0.25) is 0 Å². The number of aryl methyl sites for hydroxylation is 1. The van der Waals surface area contributed by atoms with Gasteiger partial charge in [0.2, 0.25) is 0 Å². The first-order valence-electron chi connectivity index (χ1n) is 6.27. The van der Waals surface area contributed by atoms with Gasteiger partial charge in [-0.1, -0.05) is 29.3 Å². The monoisotopic (exact) mass is 328 g/mol. The van der Waals surface area contributed by atoms with Crippen LogP contribution in [0.2, 0.25) is 5.02 Å². The zero-order chi connectivity index (χ0) is 16.3. The van der Waals surface area contributed by atoms with Crippen molar-refractivity contribution in [3.8, 4) is 0 Å². The van der Waals surface area contributed by atoms with E-state index in [9.17, 15) is 18.0 Å². The Kier molecular flexibility index (Phi) is 4.61. The standard InChI is InChI=1S/C15H12ClF3N2O/c1-9-2-5-11(6-3-9)20-14(22)21-13-7-4-10(16)8-12(13)15(17,18)19/h2-8H,1H3,(H2,20,21,22). The minimum atomic E-state index is -4.61. The van der Waals surface area contributed by atoms with Crippen molar-refractivity contribution in [3.63, 3.8) is 0 Å². The molecular formula is C15H12ClF3N2O. The van der Waals surface area contributed by atoms with Gasteiger partial charge in [-0.15, -0.1) is 0 Å². The maximum absolute atomic E-state index is 12.9. The summed E-state index contributed by atoms with van der Waals surface area (Å²) >= 11 is 5.58. The molecule has 0 unspecified atom stereocenters. The van der Waals surface area contributed by atoms with Crippen LogP contribution < -0.4 is 10.6 Å². The summed E-state index contributed by atoms with van der Waals surface area (Å²) in [5, 5.41) is 4.58. The van der Waals surface area contributed by atoms with Crippen molar-refractivity contribution in [1.29, 1.82) is 0 Å². The smallest absolute Gasteiger partial charge is 0.308 e. The lowest BCUT2D eigenvalue weighted by atomic mass is 10.1. The Morgan fingerprint density at radius 1 is 1.05 bits per heavy atom. The predicted octanol–water partition coefficient (Wildman–Crippen LogP) is 5.31. The van der Waals surface area contributed by atoms with Crippen LogP contribution in [0.15, 0.2) is 42.5 Å². The molecule has 0 fully saturated rings.